The highest BCUT2D eigenvalue weighted by Crippen LogP contribution is 2.15. The summed E-state index contributed by atoms with van der Waals surface area (Å²) in [5.41, 5.74) is 1.08. The van der Waals surface area contributed by atoms with Gasteiger partial charge in [-0.3, -0.25) is 0 Å². The van der Waals surface area contributed by atoms with E-state index in [1.807, 2.05) is 38.1 Å². The van der Waals surface area contributed by atoms with E-state index in [1.54, 1.807) is 0 Å². The summed E-state index contributed by atoms with van der Waals surface area (Å²) >= 11 is 0. The van der Waals surface area contributed by atoms with E-state index in [2.05, 4.69) is 10.1 Å². The van der Waals surface area contributed by atoms with Crippen molar-refractivity contribution in [2.24, 2.45) is 0 Å². The third-order valence-corrected chi connectivity index (χ3v) is 2.69. The van der Waals surface area contributed by atoms with Gasteiger partial charge in [0.1, 0.15) is 5.75 Å². The van der Waals surface area contributed by atoms with Gasteiger partial charge in [0, 0.05) is 12.5 Å². The van der Waals surface area contributed by atoms with Crippen molar-refractivity contribution >= 4 is 0 Å². The molecule has 1 aromatic heterocycles. The first kappa shape index (κ1) is 13.5. The van der Waals surface area contributed by atoms with Crippen molar-refractivity contribution < 1.29 is 14.4 Å². The molecule has 0 aliphatic rings. The first-order valence-electron chi connectivity index (χ1n) is 6.34. The van der Waals surface area contributed by atoms with Crippen molar-refractivity contribution in [2.75, 3.05) is 6.61 Å². The van der Waals surface area contributed by atoms with Gasteiger partial charge in [-0.1, -0.05) is 31.1 Å². The van der Waals surface area contributed by atoms with Crippen LogP contribution in [-0.2, 0) is 13.0 Å². The Labute approximate surface area is 112 Å². The Morgan fingerprint density at radius 2 is 2.00 bits per heavy atom. The molecule has 0 bridgehead atoms. The average Bonchev–Trinajstić information content (AvgIpc) is 2.87. The van der Waals surface area contributed by atoms with Crippen LogP contribution in [-0.4, -0.2) is 21.9 Å². The highest BCUT2D eigenvalue weighted by molar-refractivity contribution is 5.27. The second kappa shape index (κ2) is 6.33. The fraction of sp³-hybridized carbons (Fsp3) is 0.429. The molecule has 5 nitrogen and oxygen atoms in total. The van der Waals surface area contributed by atoms with Crippen LogP contribution in [0.3, 0.4) is 0 Å². The number of hydrogen-bond donors (Lipinski definition) is 1. The molecule has 0 aliphatic carbocycles. The van der Waals surface area contributed by atoms with Gasteiger partial charge >= 0.3 is 0 Å². The standard InChI is InChI=1S/C14H18N2O3/c1-10(2)14-15-13(19-16-14)9-18-12-5-3-11(4-6-12)7-8-17/h3-6,10,17H,7-9H2,1-2H3. The van der Waals surface area contributed by atoms with Crippen molar-refractivity contribution in [1.29, 1.82) is 0 Å². The van der Waals surface area contributed by atoms with Crippen LogP contribution < -0.4 is 4.74 Å². The zero-order valence-electron chi connectivity index (χ0n) is 11.2. The second-order valence-electron chi connectivity index (χ2n) is 4.61. The lowest BCUT2D eigenvalue weighted by atomic mass is 10.1. The Bertz CT molecular complexity index is 506. The molecule has 1 N–H and O–H groups in total. The van der Waals surface area contributed by atoms with Gasteiger partial charge in [-0.25, -0.2) is 0 Å². The summed E-state index contributed by atoms with van der Waals surface area (Å²) in [5, 5.41) is 12.7. The number of nitrogens with zero attached hydrogens (tertiary/aromatic N) is 2. The van der Waals surface area contributed by atoms with Crippen LogP contribution in [0.4, 0.5) is 0 Å². The molecule has 102 valence electrons. The lowest BCUT2D eigenvalue weighted by Crippen LogP contribution is -1.97. The minimum absolute atomic E-state index is 0.153. The van der Waals surface area contributed by atoms with Gasteiger partial charge in [0.2, 0.25) is 0 Å². The van der Waals surface area contributed by atoms with E-state index in [-0.39, 0.29) is 19.1 Å². The number of hydrogen-bond acceptors (Lipinski definition) is 5. The minimum Gasteiger partial charge on any atom is -0.484 e. The summed E-state index contributed by atoms with van der Waals surface area (Å²) < 4.78 is 10.7. The first-order valence-corrected chi connectivity index (χ1v) is 6.34. The highest BCUT2D eigenvalue weighted by Gasteiger charge is 2.09. The Hall–Kier alpha value is -1.88. The molecule has 0 spiro atoms. The van der Waals surface area contributed by atoms with Gasteiger partial charge in [-0.15, -0.1) is 0 Å². The molecule has 2 aromatic rings. The fourth-order valence-corrected chi connectivity index (χ4v) is 1.59. The molecule has 0 atom stereocenters. The molecule has 0 amide bonds. The zero-order valence-corrected chi connectivity index (χ0v) is 11.2. The van der Waals surface area contributed by atoms with E-state index < -0.39 is 0 Å². The van der Waals surface area contributed by atoms with Crippen LogP contribution in [0.5, 0.6) is 5.75 Å². The number of aliphatic hydroxyl groups is 1. The summed E-state index contributed by atoms with van der Waals surface area (Å²) in [5.74, 6) is 2.15. The third kappa shape index (κ3) is 3.79. The summed E-state index contributed by atoms with van der Waals surface area (Å²) in [6.07, 6.45) is 0.654. The maximum Gasteiger partial charge on any atom is 0.264 e. The van der Waals surface area contributed by atoms with Crippen LogP contribution >= 0.6 is 0 Å². The first-order chi connectivity index (χ1) is 9.19. The van der Waals surface area contributed by atoms with Gasteiger partial charge in [-0.05, 0) is 24.1 Å². The molecular weight excluding hydrogens is 244 g/mol. The summed E-state index contributed by atoms with van der Waals surface area (Å²) in [4.78, 5) is 4.24. The van der Waals surface area contributed by atoms with Crippen molar-refractivity contribution in [3.8, 4) is 5.75 Å². The quantitative estimate of drug-likeness (QED) is 0.865. The van der Waals surface area contributed by atoms with E-state index >= 15 is 0 Å². The maximum absolute atomic E-state index is 8.83. The Balaban J connectivity index is 1.90. The maximum atomic E-state index is 8.83. The molecule has 0 radical (unpaired) electrons. The van der Waals surface area contributed by atoms with Gasteiger partial charge in [0.15, 0.2) is 12.4 Å². The molecule has 2 rings (SSSR count). The molecule has 0 saturated heterocycles. The van der Waals surface area contributed by atoms with E-state index in [0.717, 1.165) is 11.3 Å². The lowest BCUT2D eigenvalue weighted by Gasteiger charge is -2.04. The van der Waals surface area contributed by atoms with E-state index in [1.165, 1.54) is 0 Å². The summed E-state index contributed by atoms with van der Waals surface area (Å²) in [7, 11) is 0. The SMILES string of the molecule is CC(C)c1noc(COc2ccc(CCO)cc2)n1. The Morgan fingerprint density at radius 3 is 2.58 bits per heavy atom. The van der Waals surface area contributed by atoms with Crippen molar-refractivity contribution in [3.63, 3.8) is 0 Å². The van der Waals surface area contributed by atoms with Crippen LogP contribution in [0.25, 0.3) is 0 Å². The fourth-order valence-electron chi connectivity index (χ4n) is 1.59. The third-order valence-electron chi connectivity index (χ3n) is 2.69. The molecule has 0 unspecified atom stereocenters. The van der Waals surface area contributed by atoms with Crippen LogP contribution in [0.2, 0.25) is 0 Å². The number of aromatic nitrogens is 2. The Morgan fingerprint density at radius 1 is 1.26 bits per heavy atom. The molecule has 1 aromatic carbocycles. The van der Waals surface area contributed by atoms with Gasteiger partial charge in [0.25, 0.3) is 5.89 Å². The summed E-state index contributed by atoms with van der Waals surface area (Å²) in [6.45, 7) is 4.43. The predicted molar refractivity (Wildman–Crippen MR) is 70.0 cm³/mol. The predicted octanol–water partition coefficient (Wildman–Crippen LogP) is 2.31. The highest BCUT2D eigenvalue weighted by atomic mass is 16.5. The normalized spacial score (nSPS) is 10.9. The number of aliphatic hydroxyl groups excluding tert-OH is 1. The molecule has 5 heteroatoms. The molecule has 1 heterocycles. The van der Waals surface area contributed by atoms with Crippen molar-refractivity contribution in [2.45, 2.75) is 32.8 Å². The molecule has 0 fully saturated rings. The van der Waals surface area contributed by atoms with Crippen molar-refractivity contribution in [1.82, 2.24) is 10.1 Å². The molecule has 0 saturated carbocycles. The van der Waals surface area contributed by atoms with Crippen molar-refractivity contribution in [3.05, 3.63) is 41.5 Å². The average molecular weight is 262 g/mol. The topological polar surface area (TPSA) is 68.4 Å². The van der Waals surface area contributed by atoms with Gasteiger partial charge in [-0.2, -0.15) is 4.98 Å². The van der Waals surface area contributed by atoms with E-state index in [4.69, 9.17) is 14.4 Å². The number of benzene rings is 1. The van der Waals surface area contributed by atoms with E-state index in [0.29, 0.717) is 18.1 Å². The smallest absolute Gasteiger partial charge is 0.264 e. The summed E-state index contributed by atoms with van der Waals surface area (Å²) in [6, 6.07) is 7.59. The largest absolute Gasteiger partial charge is 0.484 e. The number of rotatable bonds is 6. The second-order valence-corrected chi connectivity index (χ2v) is 4.61. The molecule has 19 heavy (non-hydrogen) atoms. The van der Waals surface area contributed by atoms with Crippen LogP contribution in [0, 0.1) is 0 Å². The lowest BCUT2D eigenvalue weighted by molar-refractivity contribution is 0.242. The van der Waals surface area contributed by atoms with Crippen LogP contribution in [0.1, 0.15) is 37.0 Å². The van der Waals surface area contributed by atoms with Crippen LogP contribution in [0.15, 0.2) is 28.8 Å². The zero-order chi connectivity index (χ0) is 13.7. The Kier molecular flexibility index (Phi) is 4.52. The van der Waals surface area contributed by atoms with Gasteiger partial charge in [0.05, 0.1) is 0 Å². The molecular formula is C14H18N2O3. The number of ether oxygens (including phenoxy) is 1. The van der Waals surface area contributed by atoms with Gasteiger partial charge < -0.3 is 14.4 Å². The minimum atomic E-state index is 0.153. The van der Waals surface area contributed by atoms with E-state index in [9.17, 15) is 0 Å². The molecule has 0 aliphatic heterocycles. The monoisotopic (exact) mass is 262 g/mol.